The van der Waals surface area contributed by atoms with Gasteiger partial charge >= 0.3 is 182 Å². The van der Waals surface area contributed by atoms with Crippen molar-refractivity contribution < 1.29 is 100 Å². The van der Waals surface area contributed by atoms with Crippen LogP contribution in [0.25, 0.3) is 0 Å². The van der Waals surface area contributed by atoms with E-state index >= 15 is 0 Å². The molecule has 9 nitrogen and oxygen atoms in total. The van der Waals surface area contributed by atoms with Crippen molar-refractivity contribution in [3.63, 3.8) is 0 Å². The van der Waals surface area contributed by atoms with E-state index in [9.17, 15) is 91.1 Å². The molecule has 0 amide bonds. The van der Waals surface area contributed by atoms with E-state index in [1.807, 2.05) is 0 Å². The van der Waals surface area contributed by atoms with Crippen LogP contribution < -0.4 is 0 Å². The van der Waals surface area contributed by atoms with Crippen molar-refractivity contribution in [3.05, 3.63) is 0 Å². The molecular formula is C6F15GaO9S3. The normalized spacial score (nSPS) is 16.0. The molecule has 0 aliphatic carbocycles. The van der Waals surface area contributed by atoms with Crippen molar-refractivity contribution in [1.82, 2.24) is 0 Å². The molecule has 204 valence electrons. The van der Waals surface area contributed by atoms with Crippen molar-refractivity contribution >= 4 is 47.7 Å². The molecule has 0 atom stereocenters. The van der Waals surface area contributed by atoms with E-state index in [4.69, 9.17) is 0 Å². The number of hydrogen-bond donors (Lipinski definition) is 0. The Morgan fingerprint density at radius 3 is 0.647 bits per heavy atom. The minimum atomic E-state index is -8.03. The van der Waals surface area contributed by atoms with Crippen LogP contribution in [-0.2, 0) is 39.3 Å². The van der Waals surface area contributed by atoms with Gasteiger partial charge in [0, 0.05) is 0 Å². The Bertz CT molecular complexity index is 930. The molecule has 0 aliphatic heterocycles. The number of hydrogen-bond acceptors (Lipinski definition) is 9. The van der Waals surface area contributed by atoms with Gasteiger partial charge in [0.25, 0.3) is 0 Å². The van der Waals surface area contributed by atoms with E-state index in [2.05, 4.69) is 8.93 Å². The van der Waals surface area contributed by atoms with Crippen LogP contribution in [0.15, 0.2) is 0 Å². The van der Waals surface area contributed by atoms with Crippen LogP contribution in [0, 0.1) is 0 Å². The van der Waals surface area contributed by atoms with E-state index in [0.717, 1.165) is 0 Å². The summed E-state index contributed by atoms with van der Waals surface area (Å²) in [6.45, 7) is 0. The van der Waals surface area contributed by atoms with E-state index < -0.39 is 82.0 Å². The first-order valence-electron chi connectivity index (χ1n) is 6.40. The maximum absolute atomic E-state index is 12.9. The second-order valence-corrected chi connectivity index (χ2v) is 14.7. The second kappa shape index (κ2) is 9.01. The average Bonchev–Trinajstić information content (AvgIpc) is 2.49. The molecule has 0 aromatic heterocycles. The molecule has 0 bridgehead atoms. The monoisotopic (exact) mass is 666 g/mol. The molecule has 0 aromatic rings. The molecular weight excluding hydrogens is 667 g/mol. The van der Waals surface area contributed by atoms with E-state index in [-0.39, 0.29) is 0 Å². The molecule has 0 fully saturated rings. The summed E-state index contributed by atoms with van der Waals surface area (Å²) in [5, 5.41) is -22.0. The van der Waals surface area contributed by atoms with Crippen molar-refractivity contribution in [2.24, 2.45) is 0 Å². The predicted octanol–water partition coefficient (Wildman–Crippen LogP) is 2.48. The van der Waals surface area contributed by atoms with E-state index in [1.54, 1.807) is 0 Å². The van der Waals surface area contributed by atoms with Gasteiger partial charge in [0.05, 0.1) is 0 Å². The van der Waals surface area contributed by atoms with Gasteiger partial charge in [-0.15, -0.1) is 0 Å². The fourth-order valence-electron chi connectivity index (χ4n) is 0.965. The summed E-state index contributed by atoms with van der Waals surface area (Å²) in [5.41, 5.74) is 0. The van der Waals surface area contributed by atoms with Gasteiger partial charge in [0.2, 0.25) is 0 Å². The van der Waals surface area contributed by atoms with Crippen molar-refractivity contribution in [2.75, 3.05) is 0 Å². The van der Waals surface area contributed by atoms with E-state index in [1.165, 1.54) is 0 Å². The first-order valence-corrected chi connectivity index (χ1v) is 13.6. The first-order chi connectivity index (χ1) is 14.3. The Morgan fingerprint density at radius 2 is 0.529 bits per heavy atom. The third kappa shape index (κ3) is 6.17. The van der Waals surface area contributed by atoms with Crippen LogP contribution in [0.1, 0.15) is 0 Å². The van der Waals surface area contributed by atoms with Crippen molar-refractivity contribution in [2.45, 2.75) is 34.3 Å². The first kappa shape index (κ1) is 33.3. The molecule has 0 saturated carbocycles. The Morgan fingerprint density at radius 1 is 0.382 bits per heavy atom. The summed E-state index contributed by atoms with van der Waals surface area (Å²) >= 11 is -7.96. The Balaban J connectivity index is 6.75. The fraction of sp³-hybridized carbons (Fsp3) is 1.00. The molecule has 28 heteroatoms. The van der Waals surface area contributed by atoms with Crippen LogP contribution in [0.3, 0.4) is 0 Å². The Labute approximate surface area is 182 Å². The summed E-state index contributed by atoms with van der Waals surface area (Å²) in [7, 11) is -24.1. The molecule has 0 radical (unpaired) electrons. The Kier molecular flexibility index (Phi) is 8.83. The predicted molar refractivity (Wildman–Crippen MR) is 68.8 cm³/mol. The zero-order valence-corrected chi connectivity index (χ0v) is 19.0. The molecule has 0 aromatic carbocycles. The van der Waals surface area contributed by atoms with Crippen LogP contribution in [0.5, 0.6) is 0 Å². The Hall–Kier alpha value is -0.684. The number of rotatable bonds is 9. The number of halogens is 15. The van der Waals surface area contributed by atoms with Gasteiger partial charge in [0.1, 0.15) is 0 Å². The molecule has 0 aliphatic rings. The van der Waals surface area contributed by atoms with Crippen LogP contribution >= 0.6 is 0 Å². The van der Waals surface area contributed by atoms with Crippen LogP contribution in [0.2, 0.25) is 0 Å². The van der Waals surface area contributed by atoms with Gasteiger partial charge in [-0.05, 0) is 0 Å². The summed E-state index contributed by atoms with van der Waals surface area (Å²) < 4.78 is 259. The average molecular weight is 667 g/mol. The van der Waals surface area contributed by atoms with Crippen molar-refractivity contribution in [1.29, 1.82) is 0 Å². The van der Waals surface area contributed by atoms with Crippen LogP contribution in [0.4, 0.5) is 65.9 Å². The zero-order valence-electron chi connectivity index (χ0n) is 14.1. The second-order valence-electron chi connectivity index (χ2n) is 4.98. The summed E-state index contributed by atoms with van der Waals surface area (Å²) in [6, 6.07) is 0. The van der Waals surface area contributed by atoms with Gasteiger partial charge in [-0.2, -0.15) is 0 Å². The molecule has 0 saturated heterocycles. The van der Waals surface area contributed by atoms with Crippen molar-refractivity contribution in [3.8, 4) is 0 Å². The minimum absolute atomic E-state index is 2.40. The third-order valence-corrected chi connectivity index (χ3v) is 14.1. The molecule has 0 heterocycles. The molecule has 0 spiro atoms. The molecule has 0 unspecified atom stereocenters. The van der Waals surface area contributed by atoms with Crippen LogP contribution in [-0.4, -0.2) is 76.9 Å². The molecule has 0 N–H and O–H groups in total. The standard InChI is InChI=1S/3C2HF5O3S.Ga/c3*3-1(4,5)2(6,7)11(8,9)10;/h3*(H,8,9,10);/q;;;+3/p-3. The number of alkyl halides is 15. The molecule has 34 heavy (non-hydrogen) atoms. The topological polar surface area (TPSA) is 130 Å². The van der Waals surface area contributed by atoms with Gasteiger partial charge in [-0.25, -0.2) is 0 Å². The quantitative estimate of drug-likeness (QED) is 0.269. The van der Waals surface area contributed by atoms with E-state index in [0.29, 0.717) is 0 Å². The maximum atomic E-state index is 12.9. The fourth-order valence-corrected chi connectivity index (χ4v) is 11.2. The van der Waals surface area contributed by atoms with Gasteiger partial charge < -0.3 is 0 Å². The molecule has 0 rings (SSSR count). The summed E-state index contributed by atoms with van der Waals surface area (Å²) in [6.07, 6.45) is -22.0. The zero-order chi connectivity index (χ0) is 28.2. The summed E-state index contributed by atoms with van der Waals surface area (Å²) in [5.74, 6) is 0. The van der Waals surface area contributed by atoms with Gasteiger partial charge in [0.15, 0.2) is 0 Å². The third-order valence-electron chi connectivity index (χ3n) is 2.55. The summed E-state index contributed by atoms with van der Waals surface area (Å²) in [4.78, 5) is 0. The van der Waals surface area contributed by atoms with Gasteiger partial charge in [-0.1, -0.05) is 0 Å². The SMILES string of the molecule is O=S(=O)([O][Ga]([O]S(=O)(=O)C(F)(F)C(F)(F)F)[O]S(=O)(=O)C(F)(F)C(F)(F)F)C(F)(F)C(F)(F)F. The van der Waals surface area contributed by atoms with Gasteiger partial charge in [-0.3, -0.25) is 0 Å².